The average Bonchev–Trinajstić information content (AvgIpc) is 1.69. The van der Waals surface area contributed by atoms with E-state index in [4.69, 9.17) is 62.7 Å². The van der Waals surface area contributed by atoms with Gasteiger partial charge in [0, 0.05) is 15.1 Å². The van der Waals surface area contributed by atoms with Crippen molar-refractivity contribution < 1.29 is 4.74 Å². The summed E-state index contributed by atoms with van der Waals surface area (Å²) in [7, 11) is 1.64. The van der Waals surface area contributed by atoms with Gasteiger partial charge >= 0.3 is 0 Å². The Morgan fingerprint density at radius 1 is 0.264 bits per heavy atom. The second-order valence-electron chi connectivity index (χ2n) is 25.7. The topological polar surface area (TPSA) is 236 Å². The van der Waals surface area contributed by atoms with Gasteiger partial charge in [-0.2, -0.15) is 0 Å². The first-order valence-electron chi connectivity index (χ1n) is 34.8. The lowest BCUT2D eigenvalue weighted by atomic mass is 10.1. The second-order valence-corrected chi connectivity index (χ2v) is 27.8. The van der Waals surface area contributed by atoms with E-state index in [-0.39, 0.29) is 33.4 Å². The summed E-state index contributed by atoms with van der Waals surface area (Å²) in [4.78, 5) is 70.6. The normalized spacial score (nSPS) is 10.9. The first-order chi connectivity index (χ1) is 53.4. The van der Waals surface area contributed by atoms with E-state index in [1.54, 1.807) is 30.0 Å². The highest BCUT2D eigenvalue weighted by Crippen LogP contribution is 2.25. The SMILES string of the molecule is COc1ccc(Cn2[nH]c(=O)c3ccccc32)cc1.Cc1ccc(Cn2[nH]c(=O)c3ccccc32)cc1.O=c1[nH]n(Cc2ccc(Cl)c(Cl)c2)c2ccccc12.O=c1[nH]n(Cc2ccc(Cl)cc2)c2ccccc12.O=c1[nH]n(Cc2cccc(Cl)c2)c2ccccc12.O=c1[nH]n(Cc2ccccc2Cl)c2ccccc12. The first kappa shape index (κ1) is 75.7. The number of para-hydroxylation sites is 6. The van der Waals surface area contributed by atoms with E-state index in [1.165, 1.54) is 11.1 Å². The number of H-pyrrole nitrogens is 6. The third-order valence-electron chi connectivity index (χ3n) is 18.1. The van der Waals surface area contributed by atoms with Crippen molar-refractivity contribution in [3.8, 4) is 5.75 Å². The maximum absolute atomic E-state index is 11.8. The molecule has 552 valence electrons. The van der Waals surface area contributed by atoms with Crippen LogP contribution in [0.15, 0.2) is 314 Å². The number of hydrogen-bond acceptors (Lipinski definition) is 7. The Balaban J connectivity index is 0.000000116. The standard InChI is InChI=1S/C15H14N2O2.C15H14N2O.C14H10Cl2N2O.3C14H11ClN2O/c1-19-12-8-6-11(7-9-12)10-17-14-5-3-2-4-13(14)15(18)16-17;1-11-6-8-12(9-7-11)10-17-14-5-3-2-4-13(14)15(18)16-17;15-11-6-5-9(7-12(11)16)8-18-13-4-2-1-3-10(13)14(19)17-18;15-12-7-3-1-5-10(12)9-17-13-8-4-2-6-11(13)14(18)16-17;15-11-5-3-4-10(8-11)9-17-13-7-2-1-6-12(13)14(18)16-17;15-11-7-5-10(6-8-11)9-17-13-4-2-1-3-12(13)14(18)16-17/h2-9H,10H2,1H3,(H,16,18);2-9H,10H2,1H3,(H,16,18);1-7H,8H2,(H,17,19);3*1-8H,9H2,(H,16,18). The Labute approximate surface area is 652 Å². The number of rotatable bonds is 13. The lowest BCUT2D eigenvalue weighted by molar-refractivity contribution is 0.414. The van der Waals surface area contributed by atoms with Gasteiger partial charge in [0.2, 0.25) is 0 Å². The van der Waals surface area contributed by atoms with Gasteiger partial charge in [0.1, 0.15) is 5.75 Å². The molecule has 0 aliphatic rings. The highest BCUT2D eigenvalue weighted by molar-refractivity contribution is 6.42. The zero-order valence-corrected chi connectivity index (χ0v) is 63.1. The van der Waals surface area contributed by atoms with E-state index in [0.717, 1.165) is 77.4 Å². The smallest absolute Gasteiger partial charge is 0.271 e. The largest absolute Gasteiger partial charge is 0.497 e. The molecule has 12 aromatic carbocycles. The summed E-state index contributed by atoms with van der Waals surface area (Å²) in [6.07, 6.45) is 0. The highest BCUT2D eigenvalue weighted by atomic mass is 35.5. The molecular formula is C86H71Cl5N12O7. The van der Waals surface area contributed by atoms with Crippen molar-refractivity contribution in [1.82, 2.24) is 58.7 Å². The van der Waals surface area contributed by atoms with Crippen LogP contribution < -0.4 is 38.1 Å². The van der Waals surface area contributed by atoms with Gasteiger partial charge in [-0.3, -0.25) is 87.5 Å². The van der Waals surface area contributed by atoms with Crippen LogP contribution in [-0.2, 0) is 39.3 Å². The van der Waals surface area contributed by atoms with E-state index in [9.17, 15) is 28.8 Å². The minimum Gasteiger partial charge on any atom is -0.497 e. The van der Waals surface area contributed by atoms with Crippen LogP contribution in [0, 0.1) is 6.92 Å². The number of nitrogens with one attached hydrogen (secondary N) is 6. The maximum Gasteiger partial charge on any atom is 0.271 e. The van der Waals surface area contributed by atoms with Crippen LogP contribution >= 0.6 is 58.0 Å². The highest BCUT2D eigenvalue weighted by Gasteiger charge is 2.13. The van der Waals surface area contributed by atoms with Gasteiger partial charge in [-0.25, -0.2) is 0 Å². The van der Waals surface area contributed by atoms with Crippen LogP contribution in [0.2, 0.25) is 25.1 Å². The molecular weight excluding hydrogens is 1490 g/mol. The van der Waals surface area contributed by atoms with E-state index < -0.39 is 0 Å². The maximum atomic E-state index is 11.8. The summed E-state index contributed by atoms with van der Waals surface area (Å²) in [6.45, 7) is 5.71. The van der Waals surface area contributed by atoms with Crippen molar-refractivity contribution in [2.75, 3.05) is 7.11 Å². The van der Waals surface area contributed by atoms with Crippen molar-refractivity contribution in [2.45, 2.75) is 46.2 Å². The second kappa shape index (κ2) is 35.0. The zero-order chi connectivity index (χ0) is 76.8. The molecule has 0 atom stereocenters. The van der Waals surface area contributed by atoms with Crippen molar-refractivity contribution in [3.05, 3.63) is 411 Å². The lowest BCUT2D eigenvalue weighted by Gasteiger charge is -2.06. The number of halogens is 5. The molecule has 0 aliphatic heterocycles. The fourth-order valence-electron chi connectivity index (χ4n) is 12.6. The van der Waals surface area contributed by atoms with Gasteiger partial charge in [-0.15, -0.1) is 0 Å². The number of aromatic nitrogens is 12. The van der Waals surface area contributed by atoms with Crippen LogP contribution in [-0.4, -0.2) is 65.8 Å². The Morgan fingerprint density at radius 3 is 0.909 bits per heavy atom. The summed E-state index contributed by atoms with van der Waals surface area (Å²) in [5.41, 5.74) is 12.7. The fourth-order valence-corrected chi connectivity index (χ4v) is 13.5. The minimum absolute atomic E-state index is 0.0299. The predicted molar refractivity (Wildman–Crippen MR) is 445 cm³/mol. The summed E-state index contributed by atoms with van der Waals surface area (Å²) in [6, 6.07) is 89.7. The van der Waals surface area contributed by atoms with Crippen molar-refractivity contribution >= 4 is 123 Å². The monoisotopic (exact) mass is 1560 g/mol. The molecule has 19 nitrogen and oxygen atoms in total. The molecule has 0 radical (unpaired) electrons. The quantitative estimate of drug-likeness (QED) is 0.0652. The number of aromatic amines is 6. The molecule has 6 N–H and O–H groups in total. The summed E-state index contributed by atoms with van der Waals surface area (Å²) in [5.74, 6) is 0.828. The molecule has 110 heavy (non-hydrogen) atoms. The summed E-state index contributed by atoms with van der Waals surface area (Å²) in [5, 5.41) is 24.5. The molecule has 0 saturated carbocycles. The number of aryl methyl sites for hydroxylation is 1. The van der Waals surface area contributed by atoms with E-state index in [0.29, 0.717) is 85.9 Å². The molecule has 0 aliphatic carbocycles. The molecule has 18 aromatic rings. The Hall–Kier alpha value is -12.5. The molecule has 0 unspecified atom stereocenters. The van der Waals surface area contributed by atoms with Crippen LogP contribution in [0.25, 0.3) is 65.4 Å². The van der Waals surface area contributed by atoms with E-state index in [1.807, 2.05) is 266 Å². The van der Waals surface area contributed by atoms with Gasteiger partial charge in [-0.1, -0.05) is 221 Å². The molecule has 0 spiro atoms. The van der Waals surface area contributed by atoms with E-state index in [2.05, 4.69) is 61.8 Å². The van der Waals surface area contributed by atoms with Crippen LogP contribution in [0.1, 0.15) is 38.9 Å². The van der Waals surface area contributed by atoms with Gasteiger partial charge in [0.15, 0.2) is 0 Å². The average molecular weight is 1560 g/mol. The first-order valence-corrected chi connectivity index (χ1v) is 36.7. The van der Waals surface area contributed by atoms with Crippen LogP contribution in [0.5, 0.6) is 5.75 Å². The number of fused-ring (bicyclic) bond motifs is 6. The molecule has 18 rings (SSSR count). The van der Waals surface area contributed by atoms with Crippen molar-refractivity contribution in [2.24, 2.45) is 0 Å². The summed E-state index contributed by atoms with van der Waals surface area (Å²) >= 11 is 29.8. The third-order valence-corrected chi connectivity index (χ3v) is 19.7. The minimum atomic E-state index is -0.0874. The number of hydrogen-bond donors (Lipinski definition) is 6. The van der Waals surface area contributed by atoms with Crippen molar-refractivity contribution in [1.29, 1.82) is 0 Å². The van der Waals surface area contributed by atoms with Gasteiger partial charge in [0.05, 0.1) is 122 Å². The van der Waals surface area contributed by atoms with Crippen LogP contribution in [0.4, 0.5) is 0 Å². The van der Waals surface area contributed by atoms with E-state index >= 15 is 0 Å². The van der Waals surface area contributed by atoms with Gasteiger partial charge in [0.25, 0.3) is 33.4 Å². The molecule has 24 heteroatoms. The van der Waals surface area contributed by atoms with Crippen molar-refractivity contribution in [3.63, 3.8) is 0 Å². The molecule has 6 aromatic heterocycles. The molecule has 0 saturated heterocycles. The Kier molecular flexibility index (Phi) is 24.1. The fraction of sp³-hybridized carbons (Fsp3) is 0.0930. The van der Waals surface area contributed by atoms with Gasteiger partial charge in [-0.05, 0) is 168 Å². The number of nitrogens with zero attached hydrogens (tertiary/aromatic N) is 6. The third kappa shape index (κ3) is 18.4. The number of ether oxygens (including phenoxy) is 1. The predicted octanol–water partition coefficient (Wildman–Crippen LogP) is 17.9. The Bertz CT molecular complexity index is 6480. The lowest BCUT2D eigenvalue weighted by Crippen LogP contribution is -2.07. The number of methoxy groups -OCH3 is 1. The Morgan fingerprint density at radius 2 is 0.564 bits per heavy atom. The van der Waals surface area contributed by atoms with Crippen LogP contribution in [0.3, 0.4) is 0 Å². The van der Waals surface area contributed by atoms with Gasteiger partial charge < -0.3 is 4.74 Å². The molecule has 6 heterocycles. The molecule has 0 fully saturated rings. The number of benzene rings is 12. The zero-order valence-electron chi connectivity index (χ0n) is 59.3. The summed E-state index contributed by atoms with van der Waals surface area (Å²) < 4.78 is 16.2. The molecule has 0 bridgehead atoms. The molecule has 0 amide bonds.